The van der Waals surface area contributed by atoms with Crippen LogP contribution in [0.25, 0.3) is 11.3 Å². The Hall–Kier alpha value is -3.71. The fourth-order valence-electron chi connectivity index (χ4n) is 3.69. The summed E-state index contributed by atoms with van der Waals surface area (Å²) in [7, 11) is 1.29. The topological polar surface area (TPSA) is 87.3 Å². The van der Waals surface area contributed by atoms with Crippen molar-refractivity contribution in [3.63, 3.8) is 0 Å². The van der Waals surface area contributed by atoms with E-state index in [4.69, 9.17) is 6.42 Å². The molecule has 0 aliphatic carbocycles. The Labute approximate surface area is 182 Å². The molecule has 2 N–H and O–H groups in total. The van der Waals surface area contributed by atoms with E-state index in [0.29, 0.717) is 6.54 Å². The van der Waals surface area contributed by atoms with Crippen LogP contribution in [0.1, 0.15) is 44.1 Å². The molecule has 7 nitrogen and oxygen atoms in total. The summed E-state index contributed by atoms with van der Waals surface area (Å²) in [5.74, 6) is 8.31. The van der Waals surface area contributed by atoms with Crippen LogP contribution in [0.3, 0.4) is 0 Å². The summed E-state index contributed by atoms with van der Waals surface area (Å²) >= 11 is 0. The normalized spacial score (nSPS) is 16.2. The third-order valence-corrected chi connectivity index (χ3v) is 5.31. The minimum Gasteiger partial charge on any atom is -0.453 e. The number of nitrogens with one attached hydrogen (secondary N) is 2. The Kier molecular flexibility index (Phi) is 6.99. The van der Waals surface area contributed by atoms with Gasteiger partial charge in [-0.3, -0.25) is 4.79 Å². The second-order valence-corrected chi connectivity index (χ2v) is 7.70. The van der Waals surface area contributed by atoms with Crippen LogP contribution in [0, 0.1) is 30.1 Å². The van der Waals surface area contributed by atoms with E-state index in [1.54, 1.807) is 11.1 Å². The molecule has 0 bridgehead atoms. The molecule has 0 unspecified atom stereocenters. The zero-order valence-corrected chi connectivity index (χ0v) is 17.9. The number of nitrogens with zero attached hydrogens (tertiary/aromatic N) is 2. The van der Waals surface area contributed by atoms with Gasteiger partial charge < -0.3 is 19.9 Å². The molecular formula is C24H26N4O3. The van der Waals surface area contributed by atoms with Crippen LogP contribution in [0.15, 0.2) is 30.5 Å². The fourth-order valence-corrected chi connectivity index (χ4v) is 3.69. The molecule has 1 fully saturated rings. The molecule has 2 heterocycles. The molecule has 0 spiro atoms. The van der Waals surface area contributed by atoms with Crippen LogP contribution in [-0.4, -0.2) is 46.6 Å². The smallest absolute Gasteiger partial charge is 0.407 e. The van der Waals surface area contributed by atoms with Crippen LogP contribution >= 0.6 is 0 Å². The lowest BCUT2D eigenvalue weighted by molar-refractivity contribution is -0.135. The molecule has 3 rings (SSSR count). The molecule has 1 aliphatic heterocycles. The van der Waals surface area contributed by atoms with Gasteiger partial charge in [0.05, 0.1) is 25.0 Å². The maximum absolute atomic E-state index is 13.2. The van der Waals surface area contributed by atoms with Crippen molar-refractivity contribution in [1.82, 2.24) is 20.2 Å². The molecule has 160 valence electrons. The molecular weight excluding hydrogens is 392 g/mol. The van der Waals surface area contributed by atoms with Crippen molar-refractivity contribution in [3.05, 3.63) is 41.9 Å². The van der Waals surface area contributed by atoms with Gasteiger partial charge in [-0.25, -0.2) is 9.78 Å². The third kappa shape index (κ3) is 5.07. The third-order valence-electron chi connectivity index (χ3n) is 5.31. The predicted octanol–water partition coefficient (Wildman–Crippen LogP) is 3.11. The number of carbonyl (C=O) groups is 2. The summed E-state index contributed by atoms with van der Waals surface area (Å²) in [4.78, 5) is 34.6. The molecule has 0 saturated carbocycles. The number of alkyl carbamates (subject to hydrolysis) is 1. The maximum atomic E-state index is 13.2. The van der Waals surface area contributed by atoms with Gasteiger partial charge in [0.1, 0.15) is 11.9 Å². The molecule has 2 atom stereocenters. The van der Waals surface area contributed by atoms with Crippen molar-refractivity contribution in [2.75, 3.05) is 13.7 Å². The Morgan fingerprint density at radius 3 is 2.71 bits per heavy atom. The van der Waals surface area contributed by atoms with Gasteiger partial charge in [-0.2, -0.15) is 0 Å². The van der Waals surface area contributed by atoms with Crippen LogP contribution in [-0.2, 0) is 9.53 Å². The van der Waals surface area contributed by atoms with Crippen molar-refractivity contribution in [2.24, 2.45) is 5.92 Å². The Morgan fingerprint density at radius 1 is 1.32 bits per heavy atom. The Bertz CT molecular complexity index is 1040. The lowest BCUT2D eigenvalue weighted by atomic mass is 10.0. The van der Waals surface area contributed by atoms with E-state index >= 15 is 0 Å². The van der Waals surface area contributed by atoms with Gasteiger partial charge in [0, 0.05) is 12.1 Å². The number of imidazole rings is 1. The van der Waals surface area contributed by atoms with E-state index in [1.165, 1.54) is 7.11 Å². The molecule has 1 aliphatic rings. The summed E-state index contributed by atoms with van der Waals surface area (Å²) < 4.78 is 4.68. The van der Waals surface area contributed by atoms with Crippen LogP contribution in [0.2, 0.25) is 0 Å². The summed E-state index contributed by atoms with van der Waals surface area (Å²) in [5.41, 5.74) is 2.67. The molecule has 0 radical (unpaired) electrons. The average molecular weight is 418 g/mol. The Morgan fingerprint density at radius 2 is 2.06 bits per heavy atom. The number of carbonyl (C=O) groups excluding carboxylic acids is 2. The van der Waals surface area contributed by atoms with Crippen molar-refractivity contribution in [1.29, 1.82) is 0 Å². The van der Waals surface area contributed by atoms with E-state index in [9.17, 15) is 9.59 Å². The maximum Gasteiger partial charge on any atom is 0.407 e. The minimum absolute atomic E-state index is 0.0731. The number of hydrogen-bond donors (Lipinski definition) is 2. The van der Waals surface area contributed by atoms with E-state index in [2.05, 4.69) is 37.8 Å². The highest BCUT2D eigenvalue weighted by molar-refractivity contribution is 5.86. The first-order valence-corrected chi connectivity index (χ1v) is 10.2. The van der Waals surface area contributed by atoms with Gasteiger partial charge >= 0.3 is 6.09 Å². The summed E-state index contributed by atoms with van der Waals surface area (Å²) in [6.45, 7) is 4.41. The standard InChI is InChI=1S/C24H26N4O3/c1-5-6-8-17-10-12-18(13-11-17)19-15-25-22(26-19)20-9-7-14-28(20)23(29)21(16(2)3)27-24(30)31-4/h1,10-13,15-16,20-21H,7,9,14H2,2-4H3,(H,25,26)(H,27,30)/t20-,21-/m0/s1. The first kappa shape index (κ1) is 22.0. The zero-order chi connectivity index (χ0) is 22.4. The van der Waals surface area contributed by atoms with Crippen LogP contribution < -0.4 is 5.32 Å². The van der Waals surface area contributed by atoms with E-state index < -0.39 is 12.1 Å². The van der Waals surface area contributed by atoms with Crippen LogP contribution in [0.4, 0.5) is 4.79 Å². The fraction of sp³-hybridized carbons (Fsp3) is 0.375. The number of amides is 2. The van der Waals surface area contributed by atoms with Crippen molar-refractivity contribution in [3.8, 4) is 35.4 Å². The highest BCUT2D eigenvalue weighted by atomic mass is 16.5. The number of ether oxygens (including phenoxy) is 1. The number of aromatic amines is 1. The lowest BCUT2D eigenvalue weighted by Gasteiger charge is -2.30. The van der Waals surface area contributed by atoms with Gasteiger partial charge in [0.2, 0.25) is 5.91 Å². The monoisotopic (exact) mass is 418 g/mol. The summed E-state index contributed by atoms with van der Waals surface area (Å²) in [6.07, 6.45) is 8.00. The zero-order valence-electron chi connectivity index (χ0n) is 17.9. The second-order valence-electron chi connectivity index (χ2n) is 7.70. The largest absolute Gasteiger partial charge is 0.453 e. The first-order valence-electron chi connectivity index (χ1n) is 10.2. The predicted molar refractivity (Wildman–Crippen MR) is 118 cm³/mol. The Balaban J connectivity index is 1.78. The average Bonchev–Trinajstić information content (AvgIpc) is 3.45. The van der Waals surface area contributed by atoms with Gasteiger partial charge in [-0.05, 0) is 48.3 Å². The van der Waals surface area contributed by atoms with Crippen molar-refractivity contribution >= 4 is 12.0 Å². The minimum atomic E-state index is -0.654. The van der Waals surface area contributed by atoms with Crippen molar-refractivity contribution in [2.45, 2.75) is 38.8 Å². The number of benzene rings is 1. The van der Waals surface area contributed by atoms with E-state index in [0.717, 1.165) is 35.5 Å². The SMILES string of the molecule is C#CC#Cc1ccc(-c2cnc([C@@H]3CCCN3C(=O)[C@@H](NC(=O)OC)C(C)C)[nH]2)cc1. The number of aromatic nitrogens is 2. The van der Waals surface area contributed by atoms with Gasteiger partial charge in [0.15, 0.2) is 0 Å². The van der Waals surface area contributed by atoms with Crippen molar-refractivity contribution < 1.29 is 14.3 Å². The van der Waals surface area contributed by atoms with E-state index in [-0.39, 0.29) is 17.9 Å². The number of H-pyrrole nitrogens is 1. The summed E-state index contributed by atoms with van der Waals surface area (Å²) in [6, 6.07) is 6.88. The molecule has 1 saturated heterocycles. The number of terminal acetylenes is 1. The molecule has 2 amide bonds. The van der Waals surface area contributed by atoms with Gasteiger partial charge in [-0.15, -0.1) is 6.42 Å². The highest BCUT2D eigenvalue weighted by Crippen LogP contribution is 2.32. The lowest BCUT2D eigenvalue weighted by Crippen LogP contribution is -2.51. The van der Waals surface area contributed by atoms with Gasteiger partial charge in [-0.1, -0.05) is 31.9 Å². The first-order chi connectivity index (χ1) is 14.9. The van der Waals surface area contributed by atoms with Gasteiger partial charge in [0.25, 0.3) is 0 Å². The van der Waals surface area contributed by atoms with E-state index in [1.807, 2.05) is 38.1 Å². The van der Waals surface area contributed by atoms with Crippen LogP contribution in [0.5, 0.6) is 0 Å². The molecule has 1 aromatic heterocycles. The number of methoxy groups -OCH3 is 1. The quantitative estimate of drug-likeness (QED) is 0.731. The second kappa shape index (κ2) is 9.86. The summed E-state index contributed by atoms with van der Waals surface area (Å²) in [5, 5.41) is 2.66. The number of hydrogen-bond acceptors (Lipinski definition) is 4. The number of rotatable bonds is 5. The molecule has 7 heteroatoms. The molecule has 1 aromatic carbocycles. The number of likely N-dealkylation sites (tertiary alicyclic amines) is 1. The highest BCUT2D eigenvalue weighted by Gasteiger charge is 2.37. The molecule has 2 aromatic rings. The molecule has 31 heavy (non-hydrogen) atoms.